The van der Waals surface area contributed by atoms with E-state index in [4.69, 9.17) is 0 Å². The Kier molecular flexibility index (Phi) is 3.90. The van der Waals surface area contributed by atoms with Gasteiger partial charge in [-0.15, -0.1) is 0 Å². The molecule has 1 aliphatic rings. The van der Waals surface area contributed by atoms with Crippen molar-refractivity contribution in [3.05, 3.63) is 16.3 Å². The van der Waals surface area contributed by atoms with Crippen molar-refractivity contribution in [3.8, 4) is 0 Å². The fourth-order valence-electron chi connectivity index (χ4n) is 2.01. The first-order valence-corrected chi connectivity index (χ1v) is 6.61. The van der Waals surface area contributed by atoms with Gasteiger partial charge >= 0.3 is 5.00 Å². The molecule has 0 aromatic carbocycles. The van der Waals surface area contributed by atoms with Crippen LogP contribution in [0.15, 0.2) is 6.20 Å². The number of hydrogen-bond donors (Lipinski definition) is 1. The molecule has 1 aliphatic heterocycles. The molecule has 1 saturated heterocycles. The van der Waals surface area contributed by atoms with Gasteiger partial charge in [0.25, 0.3) is 0 Å². The number of thiazole rings is 1. The molecule has 0 radical (unpaired) electrons. The van der Waals surface area contributed by atoms with Gasteiger partial charge < -0.3 is 10.2 Å². The number of nitrogens with one attached hydrogen (secondary N) is 1. The minimum atomic E-state index is -0.386. The third-order valence-electron chi connectivity index (χ3n) is 2.92. The number of rotatable bonds is 5. The Morgan fingerprint density at radius 1 is 1.76 bits per heavy atom. The molecule has 1 atom stereocenters. The summed E-state index contributed by atoms with van der Waals surface area (Å²) in [4.78, 5) is 16.5. The Labute approximate surface area is 104 Å². The lowest BCUT2D eigenvalue weighted by Crippen LogP contribution is -2.37. The van der Waals surface area contributed by atoms with E-state index < -0.39 is 0 Å². The number of aromatic nitrogens is 1. The van der Waals surface area contributed by atoms with E-state index in [9.17, 15) is 10.1 Å². The monoisotopic (exact) mass is 256 g/mol. The third kappa shape index (κ3) is 2.92. The van der Waals surface area contributed by atoms with Crippen LogP contribution in [0.3, 0.4) is 0 Å². The Bertz CT molecular complexity index is 389. The van der Waals surface area contributed by atoms with Crippen LogP contribution in [0.2, 0.25) is 0 Å². The fourth-order valence-corrected chi connectivity index (χ4v) is 2.81. The van der Waals surface area contributed by atoms with Crippen LogP contribution in [-0.2, 0) is 0 Å². The summed E-state index contributed by atoms with van der Waals surface area (Å²) in [5.74, 6) is 0. The van der Waals surface area contributed by atoms with Crippen LogP contribution in [-0.4, -0.2) is 35.6 Å². The summed E-state index contributed by atoms with van der Waals surface area (Å²) in [6, 6.07) is 0.484. The van der Waals surface area contributed by atoms with Gasteiger partial charge in [-0.25, -0.2) is 4.98 Å². The first-order chi connectivity index (χ1) is 8.20. The van der Waals surface area contributed by atoms with Crippen molar-refractivity contribution >= 4 is 21.5 Å². The molecule has 0 saturated carbocycles. The lowest BCUT2D eigenvalue weighted by molar-refractivity contribution is -0.380. The van der Waals surface area contributed by atoms with Gasteiger partial charge in [0.1, 0.15) is 6.20 Å². The summed E-state index contributed by atoms with van der Waals surface area (Å²) in [5, 5.41) is 14.9. The van der Waals surface area contributed by atoms with Crippen LogP contribution in [0.25, 0.3) is 0 Å². The first-order valence-electron chi connectivity index (χ1n) is 5.79. The Balaban J connectivity index is 2.02. The highest BCUT2D eigenvalue weighted by atomic mass is 32.1. The largest absolute Gasteiger partial charge is 0.347 e. The zero-order valence-electron chi connectivity index (χ0n) is 9.76. The maximum Gasteiger partial charge on any atom is 0.345 e. The van der Waals surface area contributed by atoms with Crippen molar-refractivity contribution < 1.29 is 4.92 Å². The van der Waals surface area contributed by atoms with Gasteiger partial charge in [0.2, 0.25) is 0 Å². The molecule has 0 bridgehead atoms. The first kappa shape index (κ1) is 12.3. The Hall–Kier alpha value is -1.21. The topological polar surface area (TPSA) is 71.3 Å². The van der Waals surface area contributed by atoms with E-state index in [2.05, 4.69) is 15.2 Å². The Morgan fingerprint density at radius 2 is 2.59 bits per heavy atom. The maximum atomic E-state index is 10.6. The Morgan fingerprint density at radius 3 is 3.12 bits per heavy atom. The minimum Gasteiger partial charge on any atom is -0.347 e. The molecular weight excluding hydrogens is 240 g/mol. The molecule has 6 nitrogen and oxygen atoms in total. The van der Waals surface area contributed by atoms with Crippen LogP contribution in [0, 0.1) is 10.1 Å². The van der Waals surface area contributed by atoms with Crippen LogP contribution in [0.5, 0.6) is 0 Å². The summed E-state index contributed by atoms with van der Waals surface area (Å²) in [6.07, 6.45) is 3.72. The van der Waals surface area contributed by atoms with Crippen LogP contribution in [0.4, 0.5) is 10.1 Å². The van der Waals surface area contributed by atoms with Crippen LogP contribution in [0.1, 0.15) is 19.8 Å². The SMILES string of the molecule is CCN(CC1CCCN1)c1ncc([N+](=O)[O-])s1. The van der Waals surface area contributed by atoms with Gasteiger partial charge in [-0.2, -0.15) is 0 Å². The second-order valence-electron chi connectivity index (χ2n) is 4.07. The van der Waals surface area contributed by atoms with Crippen molar-refractivity contribution in [2.24, 2.45) is 0 Å². The highest BCUT2D eigenvalue weighted by Crippen LogP contribution is 2.28. The predicted molar refractivity (Wildman–Crippen MR) is 67.7 cm³/mol. The molecule has 1 unspecified atom stereocenters. The zero-order valence-corrected chi connectivity index (χ0v) is 10.6. The smallest absolute Gasteiger partial charge is 0.345 e. The second kappa shape index (κ2) is 5.42. The van der Waals surface area contributed by atoms with E-state index in [0.717, 1.165) is 36.1 Å². The van der Waals surface area contributed by atoms with Crippen LogP contribution < -0.4 is 10.2 Å². The van der Waals surface area contributed by atoms with Gasteiger partial charge in [-0.05, 0) is 37.6 Å². The third-order valence-corrected chi connectivity index (χ3v) is 3.93. The molecule has 94 valence electrons. The van der Waals surface area contributed by atoms with Crippen LogP contribution >= 0.6 is 11.3 Å². The molecule has 0 amide bonds. The molecule has 7 heteroatoms. The minimum absolute atomic E-state index is 0.109. The van der Waals surface area contributed by atoms with Crippen molar-refractivity contribution in [1.82, 2.24) is 10.3 Å². The van der Waals surface area contributed by atoms with Crippen molar-refractivity contribution in [2.45, 2.75) is 25.8 Å². The second-order valence-corrected chi connectivity index (χ2v) is 5.06. The molecule has 1 N–H and O–H groups in total. The number of likely N-dealkylation sites (N-methyl/N-ethyl adjacent to an activating group) is 1. The highest BCUT2D eigenvalue weighted by molar-refractivity contribution is 7.18. The average Bonchev–Trinajstić information content (AvgIpc) is 2.96. The highest BCUT2D eigenvalue weighted by Gasteiger charge is 2.21. The molecule has 1 fully saturated rings. The number of nitro groups is 1. The molecule has 0 spiro atoms. The van der Waals surface area contributed by atoms with E-state index in [-0.39, 0.29) is 9.92 Å². The summed E-state index contributed by atoms with van der Waals surface area (Å²) in [7, 11) is 0. The van der Waals surface area contributed by atoms with Gasteiger partial charge in [0.05, 0.1) is 4.92 Å². The van der Waals surface area contributed by atoms with Gasteiger partial charge in [0.15, 0.2) is 5.13 Å². The summed E-state index contributed by atoms with van der Waals surface area (Å²) < 4.78 is 0. The van der Waals surface area contributed by atoms with E-state index in [1.165, 1.54) is 19.0 Å². The van der Waals surface area contributed by atoms with Gasteiger partial charge in [0, 0.05) is 19.1 Å². The van der Waals surface area contributed by atoms with Gasteiger partial charge in [-0.1, -0.05) is 0 Å². The average molecular weight is 256 g/mol. The number of hydrogen-bond acceptors (Lipinski definition) is 6. The fraction of sp³-hybridized carbons (Fsp3) is 0.700. The maximum absolute atomic E-state index is 10.6. The molecule has 0 aliphatic carbocycles. The molecule has 2 heterocycles. The zero-order chi connectivity index (χ0) is 12.3. The predicted octanol–water partition coefficient (Wildman–Crippen LogP) is 1.63. The van der Waals surface area contributed by atoms with E-state index in [1.54, 1.807) is 0 Å². The molecule has 17 heavy (non-hydrogen) atoms. The van der Waals surface area contributed by atoms with Crippen molar-refractivity contribution in [2.75, 3.05) is 24.5 Å². The van der Waals surface area contributed by atoms with Crippen molar-refractivity contribution in [3.63, 3.8) is 0 Å². The van der Waals surface area contributed by atoms with E-state index in [1.807, 2.05) is 6.92 Å². The summed E-state index contributed by atoms with van der Waals surface area (Å²) in [6.45, 7) is 4.81. The molecule has 1 aromatic heterocycles. The molecular formula is C10H16N4O2S. The molecule has 1 aromatic rings. The molecule has 2 rings (SSSR count). The lowest BCUT2D eigenvalue weighted by atomic mass is 10.2. The van der Waals surface area contributed by atoms with Gasteiger partial charge in [-0.3, -0.25) is 10.1 Å². The number of anilines is 1. The van der Waals surface area contributed by atoms with Crippen molar-refractivity contribution in [1.29, 1.82) is 0 Å². The summed E-state index contributed by atoms with van der Waals surface area (Å²) in [5.41, 5.74) is 0. The van der Waals surface area contributed by atoms with E-state index in [0.29, 0.717) is 6.04 Å². The lowest BCUT2D eigenvalue weighted by Gasteiger charge is -2.23. The summed E-state index contributed by atoms with van der Waals surface area (Å²) >= 11 is 1.14. The standard InChI is InChI=1S/C10H16N4O2S/c1-2-13(7-8-4-3-5-11-8)10-12-6-9(17-10)14(15)16/h6,8,11H,2-5,7H2,1H3. The number of nitrogens with zero attached hydrogens (tertiary/aromatic N) is 3. The quantitative estimate of drug-likeness (QED) is 0.640. The normalized spacial score (nSPS) is 19.5. The van der Waals surface area contributed by atoms with E-state index >= 15 is 0 Å².